The zero-order valence-electron chi connectivity index (χ0n) is 19.2. The van der Waals surface area contributed by atoms with Gasteiger partial charge in [-0.05, 0) is 77.9 Å². The number of aldehydes is 1. The van der Waals surface area contributed by atoms with Gasteiger partial charge in [0.05, 0.1) is 17.3 Å². The summed E-state index contributed by atoms with van der Waals surface area (Å²) in [4.78, 5) is 23.9. The fourth-order valence-corrected chi connectivity index (χ4v) is 4.60. The minimum absolute atomic E-state index is 0.0980. The monoisotopic (exact) mass is 598 g/mol. The number of benzene rings is 2. The number of halogens is 2. The van der Waals surface area contributed by atoms with Gasteiger partial charge in [0.25, 0.3) is 0 Å². The molecule has 0 aliphatic heterocycles. The molecule has 188 valence electrons. The van der Waals surface area contributed by atoms with Gasteiger partial charge in [-0.2, -0.15) is 0 Å². The van der Waals surface area contributed by atoms with Gasteiger partial charge in [0, 0.05) is 23.7 Å². The van der Waals surface area contributed by atoms with Gasteiger partial charge in [-0.15, -0.1) is 0 Å². The van der Waals surface area contributed by atoms with Crippen LogP contribution in [0.3, 0.4) is 0 Å². The quantitative estimate of drug-likeness (QED) is 0.231. The molecule has 0 fully saturated rings. The minimum Gasteiger partial charge on any atom is -0.493 e. The van der Waals surface area contributed by atoms with Gasteiger partial charge in [-0.25, -0.2) is 4.39 Å². The molecule has 1 aliphatic carbocycles. The Morgan fingerprint density at radius 1 is 1.29 bits per heavy atom. The number of carbonyl (C=O) groups is 2. The SMILES string of the molecule is COc1cc(C=O)cc(I)c1OC1C=C(C(=O)NCCO)CC(NCCc2cccc(F)c2)C1O. The second-order valence-electron chi connectivity index (χ2n) is 8.04. The van der Waals surface area contributed by atoms with Crippen LogP contribution in [0.2, 0.25) is 0 Å². The highest BCUT2D eigenvalue weighted by molar-refractivity contribution is 14.1. The normalized spacial score (nSPS) is 19.6. The first kappa shape index (κ1) is 27.1. The third-order valence-corrected chi connectivity index (χ3v) is 6.40. The van der Waals surface area contributed by atoms with Crippen molar-refractivity contribution in [3.05, 3.63) is 68.6 Å². The van der Waals surface area contributed by atoms with E-state index in [1.807, 2.05) is 28.7 Å². The highest BCUT2D eigenvalue weighted by Gasteiger charge is 2.36. The van der Waals surface area contributed by atoms with E-state index in [-0.39, 0.29) is 31.3 Å². The number of hydrogen-bond donors (Lipinski definition) is 4. The van der Waals surface area contributed by atoms with Crippen molar-refractivity contribution in [1.82, 2.24) is 10.6 Å². The Morgan fingerprint density at radius 2 is 2.09 bits per heavy atom. The van der Waals surface area contributed by atoms with Gasteiger partial charge in [-0.3, -0.25) is 9.59 Å². The molecule has 0 saturated heterocycles. The van der Waals surface area contributed by atoms with Gasteiger partial charge in [0.15, 0.2) is 11.5 Å². The highest BCUT2D eigenvalue weighted by Crippen LogP contribution is 2.36. The smallest absolute Gasteiger partial charge is 0.247 e. The lowest BCUT2D eigenvalue weighted by molar-refractivity contribution is -0.118. The molecule has 0 aromatic heterocycles. The van der Waals surface area contributed by atoms with Crippen molar-refractivity contribution >= 4 is 34.8 Å². The summed E-state index contributed by atoms with van der Waals surface area (Å²) in [6, 6.07) is 8.94. The number of aliphatic hydroxyl groups excluding tert-OH is 2. The first-order valence-electron chi connectivity index (χ1n) is 11.1. The van der Waals surface area contributed by atoms with Gasteiger partial charge >= 0.3 is 0 Å². The van der Waals surface area contributed by atoms with Crippen molar-refractivity contribution in [1.29, 1.82) is 0 Å². The molecule has 0 radical (unpaired) electrons. The number of nitrogens with one attached hydrogen (secondary N) is 2. The Bertz CT molecular complexity index is 1080. The lowest BCUT2D eigenvalue weighted by Crippen LogP contribution is -2.52. The summed E-state index contributed by atoms with van der Waals surface area (Å²) in [6.07, 6.45) is 1.12. The maximum absolute atomic E-state index is 13.5. The Kier molecular flexibility index (Phi) is 10.0. The number of amides is 1. The molecular weight excluding hydrogens is 570 g/mol. The van der Waals surface area contributed by atoms with E-state index in [0.29, 0.717) is 45.5 Å². The molecule has 0 saturated carbocycles. The molecule has 2 aromatic rings. The van der Waals surface area contributed by atoms with Crippen molar-refractivity contribution in [3.63, 3.8) is 0 Å². The summed E-state index contributed by atoms with van der Waals surface area (Å²) in [5.74, 6) is -0.0142. The number of rotatable bonds is 11. The van der Waals surface area contributed by atoms with Crippen LogP contribution in [0.4, 0.5) is 4.39 Å². The Labute approximate surface area is 216 Å². The van der Waals surface area contributed by atoms with Gasteiger partial charge < -0.3 is 30.3 Å². The van der Waals surface area contributed by atoms with Crippen LogP contribution in [-0.2, 0) is 11.2 Å². The Hall–Kier alpha value is -2.54. The van der Waals surface area contributed by atoms with Crippen molar-refractivity contribution < 1.29 is 33.7 Å². The average Bonchev–Trinajstić information content (AvgIpc) is 2.85. The van der Waals surface area contributed by atoms with Crippen LogP contribution in [0.15, 0.2) is 48.0 Å². The number of aliphatic hydroxyl groups is 2. The third kappa shape index (κ3) is 7.23. The van der Waals surface area contributed by atoms with E-state index in [9.17, 15) is 19.1 Å². The van der Waals surface area contributed by atoms with Crippen LogP contribution in [0.25, 0.3) is 0 Å². The third-order valence-electron chi connectivity index (χ3n) is 5.59. The molecule has 2 aromatic carbocycles. The average molecular weight is 598 g/mol. The number of carbonyl (C=O) groups excluding carboxylic acids is 2. The predicted octanol–water partition coefficient (Wildman–Crippen LogP) is 2.00. The molecule has 1 aliphatic rings. The molecular formula is C25H28FIN2O6. The summed E-state index contributed by atoms with van der Waals surface area (Å²) in [5.41, 5.74) is 1.62. The van der Waals surface area contributed by atoms with E-state index in [2.05, 4.69) is 10.6 Å². The molecule has 0 bridgehead atoms. The number of hydrogen-bond acceptors (Lipinski definition) is 7. The number of methoxy groups -OCH3 is 1. The maximum atomic E-state index is 13.5. The first-order valence-corrected chi connectivity index (χ1v) is 12.2. The first-order chi connectivity index (χ1) is 16.9. The number of ether oxygens (including phenoxy) is 2. The van der Waals surface area contributed by atoms with E-state index in [4.69, 9.17) is 14.6 Å². The molecule has 3 atom stereocenters. The topological polar surface area (TPSA) is 117 Å². The minimum atomic E-state index is -1.01. The molecule has 3 unspecified atom stereocenters. The van der Waals surface area contributed by atoms with Crippen molar-refractivity contribution in [2.24, 2.45) is 0 Å². The second-order valence-corrected chi connectivity index (χ2v) is 9.20. The molecule has 3 rings (SSSR count). The molecule has 8 nitrogen and oxygen atoms in total. The predicted molar refractivity (Wildman–Crippen MR) is 136 cm³/mol. The van der Waals surface area contributed by atoms with Crippen LogP contribution in [0.5, 0.6) is 11.5 Å². The maximum Gasteiger partial charge on any atom is 0.247 e. The molecule has 10 heteroatoms. The highest BCUT2D eigenvalue weighted by atomic mass is 127. The van der Waals surface area contributed by atoms with Gasteiger partial charge in [0.1, 0.15) is 24.3 Å². The van der Waals surface area contributed by atoms with Crippen LogP contribution in [0, 0.1) is 9.39 Å². The second kappa shape index (κ2) is 13.0. The molecule has 35 heavy (non-hydrogen) atoms. The van der Waals surface area contributed by atoms with E-state index in [1.165, 1.54) is 25.3 Å². The van der Waals surface area contributed by atoms with Crippen molar-refractivity contribution in [2.75, 3.05) is 26.8 Å². The van der Waals surface area contributed by atoms with Crippen molar-refractivity contribution in [2.45, 2.75) is 31.1 Å². The zero-order chi connectivity index (χ0) is 25.4. The van der Waals surface area contributed by atoms with E-state index < -0.39 is 18.2 Å². The van der Waals surface area contributed by atoms with E-state index in [1.54, 1.807) is 18.2 Å². The van der Waals surface area contributed by atoms with Gasteiger partial charge in [0.2, 0.25) is 5.91 Å². The van der Waals surface area contributed by atoms with Gasteiger partial charge in [-0.1, -0.05) is 12.1 Å². The summed E-state index contributed by atoms with van der Waals surface area (Å²) in [6.45, 7) is 0.342. The molecule has 0 heterocycles. The molecule has 1 amide bonds. The summed E-state index contributed by atoms with van der Waals surface area (Å²) in [5, 5.41) is 26.0. The fourth-order valence-electron chi connectivity index (χ4n) is 3.85. The Balaban J connectivity index is 1.81. The van der Waals surface area contributed by atoms with E-state index >= 15 is 0 Å². The van der Waals surface area contributed by atoms with Crippen LogP contribution in [-0.4, -0.2) is 67.5 Å². The van der Waals surface area contributed by atoms with Crippen molar-refractivity contribution in [3.8, 4) is 11.5 Å². The summed E-state index contributed by atoms with van der Waals surface area (Å²) >= 11 is 2.02. The van der Waals surface area contributed by atoms with Crippen LogP contribution >= 0.6 is 22.6 Å². The zero-order valence-corrected chi connectivity index (χ0v) is 21.3. The van der Waals surface area contributed by atoms with E-state index in [0.717, 1.165) is 5.56 Å². The summed E-state index contributed by atoms with van der Waals surface area (Å²) < 4.78 is 25.6. The lowest BCUT2D eigenvalue weighted by atomic mass is 9.89. The fraction of sp³-hybridized carbons (Fsp3) is 0.360. The standard InChI is InChI=1S/C25H28FIN2O6/c1-34-22-11-16(14-31)10-19(27)24(22)35-21-13-17(25(33)29-7-8-30)12-20(23(21)32)28-6-5-15-3-2-4-18(26)9-15/h2-4,9-11,13-14,20-21,23,28,30,32H,5-8,12H2,1H3,(H,29,33). The summed E-state index contributed by atoms with van der Waals surface area (Å²) in [7, 11) is 1.45. The van der Waals surface area contributed by atoms with Crippen LogP contribution in [0.1, 0.15) is 22.3 Å². The lowest BCUT2D eigenvalue weighted by Gasteiger charge is -2.34. The Morgan fingerprint density at radius 3 is 2.77 bits per heavy atom. The van der Waals surface area contributed by atoms with Crippen LogP contribution < -0.4 is 20.1 Å². The molecule has 4 N–H and O–H groups in total. The molecule has 0 spiro atoms. The largest absolute Gasteiger partial charge is 0.493 e.